The van der Waals surface area contributed by atoms with E-state index in [1.165, 1.54) is 0 Å². The van der Waals surface area contributed by atoms with E-state index < -0.39 is 0 Å². The van der Waals surface area contributed by atoms with Crippen molar-refractivity contribution in [3.8, 4) is 11.5 Å². The zero-order valence-corrected chi connectivity index (χ0v) is 10.8. The minimum absolute atomic E-state index is 0.266. The van der Waals surface area contributed by atoms with Gasteiger partial charge in [-0.1, -0.05) is 13.8 Å². The Kier molecular flexibility index (Phi) is 3.57. The molecule has 2 aromatic heterocycles. The van der Waals surface area contributed by atoms with Gasteiger partial charge in [0.2, 0.25) is 0 Å². The SMILES string of the molecule is CC(C)c1ncc(Oc2cnn(C)c2)c(CN)n1. The maximum absolute atomic E-state index is 5.69. The summed E-state index contributed by atoms with van der Waals surface area (Å²) in [5.74, 6) is 2.26. The minimum Gasteiger partial charge on any atom is -0.450 e. The molecule has 0 aliphatic rings. The van der Waals surface area contributed by atoms with Crippen LogP contribution in [0.3, 0.4) is 0 Å². The molecule has 0 spiro atoms. The first kappa shape index (κ1) is 12.5. The highest BCUT2D eigenvalue weighted by atomic mass is 16.5. The molecule has 18 heavy (non-hydrogen) atoms. The smallest absolute Gasteiger partial charge is 0.168 e. The molecule has 0 amide bonds. The van der Waals surface area contributed by atoms with E-state index in [-0.39, 0.29) is 5.92 Å². The Bertz CT molecular complexity index is 535. The van der Waals surface area contributed by atoms with Crippen molar-refractivity contribution in [1.82, 2.24) is 19.7 Å². The van der Waals surface area contributed by atoms with Crippen LogP contribution in [0.2, 0.25) is 0 Å². The van der Waals surface area contributed by atoms with Crippen molar-refractivity contribution >= 4 is 0 Å². The average molecular weight is 247 g/mol. The number of rotatable bonds is 4. The summed E-state index contributed by atoms with van der Waals surface area (Å²) in [5, 5.41) is 4.03. The van der Waals surface area contributed by atoms with Crippen LogP contribution in [0.25, 0.3) is 0 Å². The molecule has 0 saturated heterocycles. The van der Waals surface area contributed by atoms with Gasteiger partial charge in [-0.2, -0.15) is 5.10 Å². The molecule has 0 saturated carbocycles. The van der Waals surface area contributed by atoms with Gasteiger partial charge in [0, 0.05) is 19.5 Å². The Morgan fingerprint density at radius 2 is 2.17 bits per heavy atom. The molecule has 0 atom stereocenters. The highest BCUT2D eigenvalue weighted by Crippen LogP contribution is 2.23. The predicted octanol–water partition coefficient (Wildman–Crippen LogP) is 1.58. The fourth-order valence-corrected chi connectivity index (χ4v) is 1.51. The van der Waals surface area contributed by atoms with Crippen LogP contribution in [-0.2, 0) is 13.6 Å². The molecule has 2 aromatic rings. The predicted molar refractivity (Wildman–Crippen MR) is 67.3 cm³/mol. The van der Waals surface area contributed by atoms with Crippen LogP contribution in [0, 0.1) is 0 Å². The summed E-state index contributed by atoms with van der Waals surface area (Å²) in [6.07, 6.45) is 5.07. The normalized spacial score (nSPS) is 10.9. The second kappa shape index (κ2) is 5.14. The van der Waals surface area contributed by atoms with Crippen molar-refractivity contribution in [3.05, 3.63) is 30.1 Å². The van der Waals surface area contributed by atoms with Crippen LogP contribution >= 0.6 is 0 Å². The third kappa shape index (κ3) is 2.65. The van der Waals surface area contributed by atoms with Gasteiger partial charge in [0.25, 0.3) is 0 Å². The second-order valence-electron chi connectivity index (χ2n) is 4.35. The molecule has 6 heteroatoms. The van der Waals surface area contributed by atoms with Crippen molar-refractivity contribution in [2.75, 3.05) is 0 Å². The molecular weight excluding hydrogens is 230 g/mol. The molecule has 6 nitrogen and oxygen atoms in total. The number of nitrogens with zero attached hydrogens (tertiary/aromatic N) is 4. The molecule has 2 N–H and O–H groups in total. The number of aryl methyl sites for hydroxylation is 1. The molecule has 2 rings (SSSR count). The van der Waals surface area contributed by atoms with Gasteiger partial charge in [-0.15, -0.1) is 0 Å². The van der Waals surface area contributed by atoms with Gasteiger partial charge in [-0.3, -0.25) is 4.68 Å². The Morgan fingerprint density at radius 3 is 2.72 bits per heavy atom. The van der Waals surface area contributed by atoms with Crippen LogP contribution in [-0.4, -0.2) is 19.7 Å². The molecule has 0 bridgehead atoms. The van der Waals surface area contributed by atoms with Crippen LogP contribution in [0.15, 0.2) is 18.6 Å². The lowest BCUT2D eigenvalue weighted by molar-refractivity contribution is 0.466. The quantitative estimate of drug-likeness (QED) is 0.887. The zero-order valence-electron chi connectivity index (χ0n) is 10.8. The summed E-state index contributed by atoms with van der Waals surface area (Å²) in [6.45, 7) is 4.40. The molecule has 0 unspecified atom stereocenters. The Morgan fingerprint density at radius 1 is 1.39 bits per heavy atom. The fourth-order valence-electron chi connectivity index (χ4n) is 1.51. The van der Waals surface area contributed by atoms with Gasteiger partial charge >= 0.3 is 0 Å². The molecule has 96 valence electrons. The summed E-state index contributed by atoms with van der Waals surface area (Å²) in [7, 11) is 1.83. The maximum Gasteiger partial charge on any atom is 0.168 e. The van der Waals surface area contributed by atoms with Crippen LogP contribution < -0.4 is 10.5 Å². The van der Waals surface area contributed by atoms with Crippen molar-refractivity contribution in [3.63, 3.8) is 0 Å². The molecule has 0 radical (unpaired) electrons. The Labute approximate surface area is 106 Å². The van der Waals surface area contributed by atoms with Crippen LogP contribution in [0.4, 0.5) is 0 Å². The first-order valence-electron chi connectivity index (χ1n) is 5.82. The van der Waals surface area contributed by atoms with E-state index in [1.807, 2.05) is 20.9 Å². The van der Waals surface area contributed by atoms with E-state index in [4.69, 9.17) is 10.5 Å². The van der Waals surface area contributed by atoms with Crippen molar-refractivity contribution in [2.24, 2.45) is 12.8 Å². The maximum atomic E-state index is 5.69. The largest absolute Gasteiger partial charge is 0.450 e. The Hall–Kier alpha value is -1.95. The van der Waals surface area contributed by atoms with Crippen LogP contribution in [0.5, 0.6) is 11.5 Å². The fraction of sp³-hybridized carbons (Fsp3) is 0.417. The van der Waals surface area contributed by atoms with E-state index in [9.17, 15) is 0 Å². The van der Waals surface area contributed by atoms with Gasteiger partial charge in [0.15, 0.2) is 11.5 Å². The summed E-state index contributed by atoms with van der Waals surface area (Å²) in [5.41, 5.74) is 6.39. The number of hydrogen-bond donors (Lipinski definition) is 1. The first-order chi connectivity index (χ1) is 8.60. The van der Waals surface area contributed by atoms with Crippen molar-refractivity contribution in [1.29, 1.82) is 0 Å². The number of hydrogen-bond acceptors (Lipinski definition) is 5. The molecule has 2 heterocycles. The topological polar surface area (TPSA) is 78.9 Å². The summed E-state index contributed by atoms with van der Waals surface area (Å²) in [6, 6.07) is 0. The van der Waals surface area contributed by atoms with E-state index in [0.717, 1.165) is 5.82 Å². The summed E-state index contributed by atoms with van der Waals surface area (Å²) >= 11 is 0. The highest BCUT2D eigenvalue weighted by molar-refractivity contribution is 5.30. The lowest BCUT2D eigenvalue weighted by Gasteiger charge is -2.10. The highest BCUT2D eigenvalue weighted by Gasteiger charge is 2.11. The van der Waals surface area contributed by atoms with E-state index >= 15 is 0 Å². The standard InChI is InChI=1S/C12H17N5O/c1-8(2)12-14-6-11(10(4-13)16-12)18-9-5-15-17(3)7-9/h5-8H,4,13H2,1-3H3. The molecule has 0 fully saturated rings. The van der Waals surface area contributed by atoms with Crippen molar-refractivity contribution < 1.29 is 4.74 Å². The van der Waals surface area contributed by atoms with Gasteiger partial charge in [-0.05, 0) is 0 Å². The third-order valence-corrected chi connectivity index (χ3v) is 2.47. The van der Waals surface area contributed by atoms with Crippen LogP contribution in [0.1, 0.15) is 31.3 Å². The summed E-state index contributed by atoms with van der Waals surface area (Å²) in [4.78, 5) is 8.68. The van der Waals surface area contributed by atoms with Crippen molar-refractivity contribution in [2.45, 2.75) is 26.3 Å². The Balaban J connectivity index is 2.27. The van der Waals surface area contributed by atoms with E-state index in [2.05, 4.69) is 15.1 Å². The van der Waals surface area contributed by atoms with Gasteiger partial charge in [0.1, 0.15) is 11.5 Å². The third-order valence-electron chi connectivity index (χ3n) is 2.47. The zero-order chi connectivity index (χ0) is 13.1. The van der Waals surface area contributed by atoms with Gasteiger partial charge < -0.3 is 10.5 Å². The lowest BCUT2D eigenvalue weighted by atomic mass is 10.2. The lowest BCUT2D eigenvalue weighted by Crippen LogP contribution is -2.07. The number of ether oxygens (including phenoxy) is 1. The molecule has 0 aromatic carbocycles. The molecule has 0 aliphatic heterocycles. The average Bonchev–Trinajstić information content (AvgIpc) is 2.75. The summed E-state index contributed by atoms with van der Waals surface area (Å²) < 4.78 is 7.34. The minimum atomic E-state index is 0.266. The van der Waals surface area contributed by atoms with E-state index in [1.54, 1.807) is 23.3 Å². The molecule has 0 aliphatic carbocycles. The first-order valence-corrected chi connectivity index (χ1v) is 5.82. The number of nitrogens with two attached hydrogens (primary N) is 1. The van der Waals surface area contributed by atoms with E-state index in [0.29, 0.717) is 23.7 Å². The molecular formula is C12H17N5O. The number of aromatic nitrogens is 4. The monoisotopic (exact) mass is 247 g/mol. The van der Waals surface area contributed by atoms with Gasteiger partial charge in [-0.25, -0.2) is 9.97 Å². The van der Waals surface area contributed by atoms with Gasteiger partial charge in [0.05, 0.1) is 18.6 Å². The second-order valence-corrected chi connectivity index (χ2v) is 4.35.